The van der Waals surface area contributed by atoms with E-state index in [1.807, 2.05) is 0 Å². The van der Waals surface area contributed by atoms with Crippen molar-refractivity contribution in [2.75, 3.05) is 20.3 Å². The highest BCUT2D eigenvalue weighted by Crippen LogP contribution is 2.21. The number of para-hydroxylation sites is 1. The molecule has 0 heterocycles. The molecule has 0 bridgehead atoms. The van der Waals surface area contributed by atoms with E-state index in [-0.39, 0.29) is 31.0 Å². The Labute approximate surface area is 161 Å². The Kier molecular flexibility index (Phi) is 7.32. The first kappa shape index (κ1) is 20.7. The molecule has 0 saturated carbocycles. The van der Waals surface area contributed by atoms with E-state index in [0.717, 1.165) is 5.56 Å². The zero-order chi connectivity index (χ0) is 20.5. The maximum Gasteiger partial charge on any atom is 0.308 e. The van der Waals surface area contributed by atoms with E-state index in [2.05, 4.69) is 5.32 Å². The first-order valence-corrected chi connectivity index (χ1v) is 8.39. The molecular formula is C19H20N2O7. The van der Waals surface area contributed by atoms with Crippen molar-refractivity contribution in [3.63, 3.8) is 0 Å². The van der Waals surface area contributed by atoms with Crippen LogP contribution in [0.15, 0.2) is 48.5 Å². The van der Waals surface area contributed by atoms with Crippen LogP contribution in [0.1, 0.15) is 5.56 Å². The SMILES string of the molecule is COc1ccccc1CC(CNC(=O)COc1cccc([N+](=O)[O-])c1)C(=O)O. The van der Waals surface area contributed by atoms with E-state index >= 15 is 0 Å². The number of nitrogens with zero attached hydrogens (tertiary/aromatic N) is 1. The Hall–Kier alpha value is -3.62. The molecular weight excluding hydrogens is 368 g/mol. The van der Waals surface area contributed by atoms with Gasteiger partial charge in [0.15, 0.2) is 6.61 Å². The first-order chi connectivity index (χ1) is 13.4. The average molecular weight is 388 g/mol. The van der Waals surface area contributed by atoms with Gasteiger partial charge in [-0.05, 0) is 24.1 Å². The zero-order valence-electron chi connectivity index (χ0n) is 15.2. The highest BCUT2D eigenvalue weighted by Gasteiger charge is 2.21. The summed E-state index contributed by atoms with van der Waals surface area (Å²) in [7, 11) is 1.50. The van der Waals surface area contributed by atoms with E-state index in [9.17, 15) is 24.8 Å². The molecule has 0 radical (unpaired) electrons. The highest BCUT2D eigenvalue weighted by atomic mass is 16.6. The number of aliphatic carboxylic acids is 1. The number of non-ortho nitro benzene ring substituents is 1. The van der Waals surface area contributed by atoms with Crippen molar-refractivity contribution in [1.82, 2.24) is 5.32 Å². The van der Waals surface area contributed by atoms with E-state index < -0.39 is 22.7 Å². The third-order valence-corrected chi connectivity index (χ3v) is 3.95. The summed E-state index contributed by atoms with van der Waals surface area (Å²) in [6.07, 6.45) is 0.186. The molecule has 0 aliphatic carbocycles. The first-order valence-electron chi connectivity index (χ1n) is 8.39. The minimum Gasteiger partial charge on any atom is -0.496 e. The highest BCUT2D eigenvalue weighted by molar-refractivity contribution is 5.78. The smallest absolute Gasteiger partial charge is 0.308 e. The minimum absolute atomic E-state index is 0.0927. The number of carbonyl (C=O) groups is 2. The fourth-order valence-electron chi connectivity index (χ4n) is 2.51. The molecule has 0 saturated heterocycles. The summed E-state index contributed by atoms with van der Waals surface area (Å²) < 4.78 is 10.4. The van der Waals surface area contributed by atoms with Crippen LogP contribution in [0.5, 0.6) is 11.5 Å². The summed E-state index contributed by atoms with van der Waals surface area (Å²) in [5.74, 6) is -1.68. The molecule has 1 unspecified atom stereocenters. The number of rotatable bonds is 10. The van der Waals surface area contributed by atoms with E-state index in [0.29, 0.717) is 5.75 Å². The molecule has 2 N–H and O–H groups in total. The lowest BCUT2D eigenvalue weighted by atomic mass is 9.98. The molecule has 1 atom stereocenters. The molecule has 148 valence electrons. The second kappa shape index (κ2) is 9.91. The van der Waals surface area contributed by atoms with Gasteiger partial charge in [0, 0.05) is 12.6 Å². The van der Waals surface area contributed by atoms with Gasteiger partial charge in [-0.15, -0.1) is 0 Å². The van der Waals surface area contributed by atoms with Gasteiger partial charge in [0.25, 0.3) is 11.6 Å². The summed E-state index contributed by atoms with van der Waals surface area (Å²) in [4.78, 5) is 33.6. The fourth-order valence-corrected chi connectivity index (χ4v) is 2.51. The van der Waals surface area contributed by atoms with Crippen molar-refractivity contribution < 1.29 is 29.1 Å². The molecule has 0 fully saturated rings. The Balaban J connectivity index is 1.89. The van der Waals surface area contributed by atoms with Crippen LogP contribution >= 0.6 is 0 Å². The number of amides is 1. The predicted molar refractivity (Wildman–Crippen MR) is 99.4 cm³/mol. The van der Waals surface area contributed by atoms with Gasteiger partial charge in [-0.25, -0.2) is 0 Å². The summed E-state index contributed by atoms with van der Waals surface area (Å²) in [6, 6.07) is 12.5. The second-order valence-electron chi connectivity index (χ2n) is 5.90. The zero-order valence-corrected chi connectivity index (χ0v) is 15.2. The minimum atomic E-state index is -1.05. The number of carbonyl (C=O) groups excluding carboxylic acids is 1. The molecule has 1 amide bonds. The third kappa shape index (κ3) is 5.97. The third-order valence-electron chi connectivity index (χ3n) is 3.95. The molecule has 9 nitrogen and oxygen atoms in total. The maximum atomic E-state index is 12.0. The van der Waals surface area contributed by atoms with E-state index in [4.69, 9.17) is 9.47 Å². The van der Waals surface area contributed by atoms with Gasteiger partial charge in [-0.2, -0.15) is 0 Å². The van der Waals surface area contributed by atoms with Gasteiger partial charge in [-0.3, -0.25) is 19.7 Å². The van der Waals surface area contributed by atoms with Crippen LogP contribution in [0, 0.1) is 16.0 Å². The van der Waals surface area contributed by atoms with Crippen molar-refractivity contribution in [3.05, 3.63) is 64.2 Å². The van der Waals surface area contributed by atoms with Gasteiger partial charge < -0.3 is 19.9 Å². The second-order valence-corrected chi connectivity index (χ2v) is 5.90. The van der Waals surface area contributed by atoms with Crippen LogP contribution in [0.4, 0.5) is 5.69 Å². The van der Waals surface area contributed by atoms with Crippen molar-refractivity contribution in [1.29, 1.82) is 0 Å². The number of nitro groups is 1. The topological polar surface area (TPSA) is 128 Å². The Bertz CT molecular complexity index is 854. The van der Waals surface area contributed by atoms with Crippen molar-refractivity contribution in [2.24, 2.45) is 5.92 Å². The molecule has 0 aliphatic rings. The average Bonchev–Trinajstić information content (AvgIpc) is 2.69. The molecule has 0 aliphatic heterocycles. The number of carboxylic acids is 1. The Morgan fingerprint density at radius 2 is 1.96 bits per heavy atom. The van der Waals surface area contributed by atoms with Gasteiger partial charge in [0.1, 0.15) is 11.5 Å². The van der Waals surface area contributed by atoms with Gasteiger partial charge in [-0.1, -0.05) is 24.3 Å². The van der Waals surface area contributed by atoms with Crippen LogP contribution in [0.3, 0.4) is 0 Å². The van der Waals surface area contributed by atoms with Crippen LogP contribution in [-0.4, -0.2) is 42.2 Å². The number of ether oxygens (including phenoxy) is 2. The van der Waals surface area contributed by atoms with E-state index in [1.54, 1.807) is 24.3 Å². The number of nitro benzene ring substituents is 1. The summed E-state index contributed by atoms with van der Waals surface area (Å²) in [5, 5.41) is 22.7. The number of hydrogen-bond acceptors (Lipinski definition) is 6. The van der Waals surface area contributed by atoms with Crippen LogP contribution in [-0.2, 0) is 16.0 Å². The Morgan fingerprint density at radius 3 is 2.64 bits per heavy atom. The summed E-state index contributed by atoms with van der Waals surface area (Å²) >= 11 is 0. The van der Waals surface area contributed by atoms with Crippen molar-refractivity contribution in [2.45, 2.75) is 6.42 Å². The maximum absolute atomic E-state index is 12.0. The van der Waals surface area contributed by atoms with Crippen molar-refractivity contribution >= 4 is 17.6 Å². The molecule has 9 heteroatoms. The lowest BCUT2D eigenvalue weighted by Gasteiger charge is -2.15. The number of benzene rings is 2. The Morgan fingerprint density at radius 1 is 1.21 bits per heavy atom. The lowest BCUT2D eigenvalue weighted by Crippen LogP contribution is -2.36. The molecule has 2 aromatic carbocycles. The standard InChI is InChI=1S/C19H20N2O7/c1-27-17-8-3-2-5-13(17)9-14(19(23)24)11-20-18(22)12-28-16-7-4-6-15(10-16)21(25)26/h2-8,10,14H,9,11-12H2,1H3,(H,20,22)(H,23,24). The summed E-state index contributed by atoms with van der Waals surface area (Å²) in [5.41, 5.74) is 0.570. The number of carboxylic acid groups (broad SMARTS) is 1. The van der Waals surface area contributed by atoms with Crippen LogP contribution in [0.2, 0.25) is 0 Å². The molecule has 28 heavy (non-hydrogen) atoms. The predicted octanol–water partition coefficient (Wildman–Crippen LogP) is 2.04. The van der Waals surface area contributed by atoms with Crippen molar-refractivity contribution in [3.8, 4) is 11.5 Å². The molecule has 0 spiro atoms. The summed E-state index contributed by atoms with van der Waals surface area (Å²) in [6.45, 7) is -0.479. The number of hydrogen-bond donors (Lipinski definition) is 2. The van der Waals surface area contributed by atoms with Crippen LogP contribution < -0.4 is 14.8 Å². The molecule has 0 aromatic heterocycles. The number of nitrogens with one attached hydrogen (secondary N) is 1. The van der Waals surface area contributed by atoms with Gasteiger partial charge in [0.2, 0.25) is 0 Å². The fraction of sp³-hybridized carbons (Fsp3) is 0.263. The number of methoxy groups -OCH3 is 1. The normalized spacial score (nSPS) is 11.3. The quantitative estimate of drug-likeness (QED) is 0.471. The largest absolute Gasteiger partial charge is 0.496 e. The van der Waals surface area contributed by atoms with Gasteiger partial charge in [0.05, 0.1) is 24.0 Å². The molecule has 2 aromatic rings. The monoisotopic (exact) mass is 388 g/mol. The van der Waals surface area contributed by atoms with Gasteiger partial charge >= 0.3 is 5.97 Å². The molecule has 2 rings (SSSR count). The van der Waals surface area contributed by atoms with Crippen LogP contribution in [0.25, 0.3) is 0 Å². The lowest BCUT2D eigenvalue weighted by molar-refractivity contribution is -0.384. The van der Waals surface area contributed by atoms with E-state index in [1.165, 1.54) is 31.4 Å².